The molecule has 20 heavy (non-hydrogen) atoms. The summed E-state index contributed by atoms with van der Waals surface area (Å²) in [6.45, 7) is 2.87. The summed E-state index contributed by atoms with van der Waals surface area (Å²) in [5.41, 5.74) is 1.16. The van der Waals surface area contributed by atoms with Crippen LogP contribution in [0.15, 0.2) is 24.3 Å². The van der Waals surface area contributed by atoms with Gasteiger partial charge in [0, 0.05) is 37.7 Å². The van der Waals surface area contributed by atoms with Gasteiger partial charge in [-0.1, -0.05) is 23.7 Å². The van der Waals surface area contributed by atoms with Crippen LogP contribution in [0.1, 0.15) is 24.8 Å². The Balaban J connectivity index is 1.53. The first-order valence-corrected chi connectivity index (χ1v) is 7.45. The third-order valence-corrected chi connectivity index (χ3v) is 3.57. The Morgan fingerprint density at radius 1 is 1.35 bits per heavy atom. The van der Waals surface area contributed by atoms with Crippen molar-refractivity contribution in [1.29, 1.82) is 0 Å². The molecule has 2 N–H and O–H groups in total. The molecule has 1 saturated heterocycles. The van der Waals surface area contributed by atoms with E-state index in [-0.39, 0.29) is 12.0 Å². The molecule has 0 spiro atoms. The van der Waals surface area contributed by atoms with Crippen LogP contribution in [0.3, 0.4) is 0 Å². The van der Waals surface area contributed by atoms with Crippen molar-refractivity contribution in [2.24, 2.45) is 0 Å². The van der Waals surface area contributed by atoms with Crippen molar-refractivity contribution < 1.29 is 9.53 Å². The number of benzene rings is 1. The topological polar surface area (TPSA) is 50.4 Å². The molecule has 2 rings (SSSR count). The second-order valence-corrected chi connectivity index (χ2v) is 5.43. The Labute approximate surface area is 124 Å². The number of halogens is 1. The maximum absolute atomic E-state index is 11.6. The monoisotopic (exact) mass is 296 g/mol. The number of carbonyl (C=O) groups excluding carboxylic acids is 1. The number of hydrogen-bond acceptors (Lipinski definition) is 3. The van der Waals surface area contributed by atoms with E-state index >= 15 is 0 Å². The molecule has 0 saturated carbocycles. The Hall–Kier alpha value is -1.10. The van der Waals surface area contributed by atoms with Gasteiger partial charge in [-0.25, -0.2) is 0 Å². The average molecular weight is 297 g/mol. The van der Waals surface area contributed by atoms with Crippen molar-refractivity contribution in [2.45, 2.75) is 31.9 Å². The zero-order valence-electron chi connectivity index (χ0n) is 11.5. The van der Waals surface area contributed by atoms with Gasteiger partial charge >= 0.3 is 0 Å². The Kier molecular flexibility index (Phi) is 6.30. The van der Waals surface area contributed by atoms with Crippen LogP contribution in [0.5, 0.6) is 0 Å². The van der Waals surface area contributed by atoms with Gasteiger partial charge in [0.2, 0.25) is 5.91 Å². The molecular weight excluding hydrogens is 276 g/mol. The van der Waals surface area contributed by atoms with Crippen molar-refractivity contribution in [3.8, 4) is 0 Å². The smallest absolute Gasteiger partial charge is 0.221 e. The zero-order valence-corrected chi connectivity index (χ0v) is 12.3. The number of carbonyl (C=O) groups is 1. The number of nitrogens with one attached hydrogen (secondary N) is 2. The summed E-state index contributed by atoms with van der Waals surface area (Å²) in [6.07, 6.45) is 2.85. The minimum absolute atomic E-state index is 0.0732. The maximum atomic E-state index is 11.6. The van der Waals surface area contributed by atoms with Gasteiger partial charge in [0.1, 0.15) is 0 Å². The van der Waals surface area contributed by atoms with Gasteiger partial charge in [-0.2, -0.15) is 0 Å². The number of amides is 1. The first-order valence-electron chi connectivity index (χ1n) is 7.07. The summed E-state index contributed by atoms with van der Waals surface area (Å²) in [6, 6.07) is 7.69. The number of rotatable bonds is 7. The lowest BCUT2D eigenvalue weighted by atomic mass is 10.2. The Morgan fingerprint density at radius 3 is 2.85 bits per heavy atom. The van der Waals surface area contributed by atoms with Gasteiger partial charge in [0.05, 0.1) is 6.10 Å². The molecule has 1 aliphatic heterocycles. The Morgan fingerprint density at radius 2 is 2.15 bits per heavy atom. The van der Waals surface area contributed by atoms with E-state index in [0.29, 0.717) is 19.5 Å². The van der Waals surface area contributed by atoms with Crippen LogP contribution in [-0.2, 0) is 16.1 Å². The second kappa shape index (κ2) is 8.25. The standard InChI is InChI=1S/C15H21ClN2O2/c16-13-5-3-12(4-6-13)10-17-8-7-15(19)18-11-14-2-1-9-20-14/h3-6,14,17H,1-2,7-11H2,(H,18,19). The van der Waals surface area contributed by atoms with Gasteiger partial charge in [-0.15, -0.1) is 0 Å². The SMILES string of the molecule is O=C(CCNCc1ccc(Cl)cc1)NCC1CCCO1. The molecule has 4 nitrogen and oxygen atoms in total. The minimum Gasteiger partial charge on any atom is -0.376 e. The van der Waals surface area contributed by atoms with Gasteiger partial charge in [0.25, 0.3) is 0 Å². The number of ether oxygens (including phenoxy) is 1. The maximum Gasteiger partial charge on any atom is 0.221 e. The first-order chi connectivity index (χ1) is 9.74. The predicted octanol–water partition coefficient (Wildman–Crippen LogP) is 2.11. The summed E-state index contributed by atoms with van der Waals surface area (Å²) < 4.78 is 5.46. The van der Waals surface area contributed by atoms with Crippen LogP contribution in [0.4, 0.5) is 0 Å². The van der Waals surface area contributed by atoms with E-state index in [0.717, 1.165) is 36.6 Å². The molecule has 1 aliphatic rings. The van der Waals surface area contributed by atoms with E-state index in [2.05, 4.69) is 10.6 Å². The highest BCUT2D eigenvalue weighted by molar-refractivity contribution is 6.30. The minimum atomic E-state index is 0.0732. The molecule has 0 radical (unpaired) electrons. The lowest BCUT2D eigenvalue weighted by Gasteiger charge is -2.11. The van der Waals surface area contributed by atoms with Crippen LogP contribution < -0.4 is 10.6 Å². The fourth-order valence-corrected chi connectivity index (χ4v) is 2.28. The van der Waals surface area contributed by atoms with Crippen LogP contribution in [-0.4, -0.2) is 31.7 Å². The van der Waals surface area contributed by atoms with Crippen molar-refractivity contribution in [3.63, 3.8) is 0 Å². The molecule has 1 heterocycles. The fraction of sp³-hybridized carbons (Fsp3) is 0.533. The molecule has 1 aromatic rings. The molecule has 0 aliphatic carbocycles. The van der Waals surface area contributed by atoms with E-state index in [9.17, 15) is 4.79 Å². The van der Waals surface area contributed by atoms with Gasteiger partial charge in [-0.3, -0.25) is 4.79 Å². The zero-order chi connectivity index (χ0) is 14.2. The summed E-state index contributed by atoms with van der Waals surface area (Å²) >= 11 is 5.82. The highest BCUT2D eigenvalue weighted by atomic mass is 35.5. The molecule has 110 valence electrons. The molecular formula is C15H21ClN2O2. The van der Waals surface area contributed by atoms with Crippen LogP contribution in [0, 0.1) is 0 Å². The quantitative estimate of drug-likeness (QED) is 0.758. The molecule has 1 fully saturated rings. The van der Waals surface area contributed by atoms with Crippen LogP contribution >= 0.6 is 11.6 Å². The van der Waals surface area contributed by atoms with Crippen molar-refractivity contribution in [3.05, 3.63) is 34.9 Å². The summed E-state index contributed by atoms with van der Waals surface area (Å²) in [5, 5.41) is 6.89. The van der Waals surface area contributed by atoms with Gasteiger partial charge in [-0.05, 0) is 30.5 Å². The van der Waals surface area contributed by atoms with Crippen molar-refractivity contribution >= 4 is 17.5 Å². The average Bonchev–Trinajstić information content (AvgIpc) is 2.96. The van der Waals surface area contributed by atoms with Crippen molar-refractivity contribution in [2.75, 3.05) is 19.7 Å². The third-order valence-electron chi connectivity index (χ3n) is 3.32. The molecule has 0 bridgehead atoms. The van der Waals surface area contributed by atoms with E-state index < -0.39 is 0 Å². The third kappa shape index (κ3) is 5.49. The second-order valence-electron chi connectivity index (χ2n) is 4.99. The van der Waals surface area contributed by atoms with Gasteiger partial charge < -0.3 is 15.4 Å². The molecule has 0 aromatic heterocycles. The van der Waals surface area contributed by atoms with E-state index in [1.807, 2.05) is 24.3 Å². The van der Waals surface area contributed by atoms with E-state index in [4.69, 9.17) is 16.3 Å². The van der Waals surface area contributed by atoms with Crippen LogP contribution in [0.25, 0.3) is 0 Å². The van der Waals surface area contributed by atoms with E-state index in [1.165, 1.54) is 0 Å². The summed E-state index contributed by atoms with van der Waals surface area (Å²) in [7, 11) is 0. The normalized spacial score (nSPS) is 18.1. The lowest BCUT2D eigenvalue weighted by Crippen LogP contribution is -2.33. The van der Waals surface area contributed by atoms with Crippen LogP contribution in [0.2, 0.25) is 5.02 Å². The Bertz CT molecular complexity index is 416. The molecule has 1 amide bonds. The summed E-state index contributed by atoms with van der Waals surface area (Å²) in [4.78, 5) is 11.6. The van der Waals surface area contributed by atoms with E-state index in [1.54, 1.807) is 0 Å². The number of hydrogen-bond donors (Lipinski definition) is 2. The largest absolute Gasteiger partial charge is 0.376 e. The summed E-state index contributed by atoms with van der Waals surface area (Å²) in [5.74, 6) is 0.0732. The predicted molar refractivity (Wildman–Crippen MR) is 79.8 cm³/mol. The molecule has 5 heteroatoms. The fourth-order valence-electron chi connectivity index (χ4n) is 2.16. The molecule has 1 atom stereocenters. The van der Waals surface area contributed by atoms with Gasteiger partial charge in [0.15, 0.2) is 0 Å². The first kappa shape index (κ1) is 15.3. The highest BCUT2D eigenvalue weighted by Crippen LogP contribution is 2.10. The van der Waals surface area contributed by atoms with Crippen molar-refractivity contribution in [1.82, 2.24) is 10.6 Å². The highest BCUT2D eigenvalue weighted by Gasteiger charge is 2.15. The molecule has 1 unspecified atom stereocenters. The lowest BCUT2D eigenvalue weighted by molar-refractivity contribution is -0.121. The molecule has 1 aromatic carbocycles.